The van der Waals surface area contributed by atoms with Crippen molar-refractivity contribution in [1.82, 2.24) is 0 Å². The minimum absolute atomic E-state index is 0.267. The van der Waals surface area contributed by atoms with Crippen LogP contribution in [0.15, 0.2) is 60.7 Å². The van der Waals surface area contributed by atoms with Crippen molar-refractivity contribution in [2.45, 2.75) is 12.0 Å². The van der Waals surface area contributed by atoms with Crippen LogP contribution in [0.3, 0.4) is 0 Å². The summed E-state index contributed by atoms with van der Waals surface area (Å²) >= 11 is 12.3. The first kappa shape index (κ1) is 20.7. The van der Waals surface area contributed by atoms with Crippen molar-refractivity contribution in [3.8, 4) is 11.5 Å². The largest absolute Gasteiger partial charge is 0.486 e. The highest BCUT2D eigenvalue weighted by molar-refractivity contribution is 6.42. The number of anilines is 1. The molecule has 0 radical (unpaired) electrons. The zero-order chi connectivity index (χ0) is 22.4. The van der Waals surface area contributed by atoms with E-state index >= 15 is 0 Å². The van der Waals surface area contributed by atoms with E-state index in [9.17, 15) is 14.7 Å². The Bertz CT molecular complexity index is 1240. The van der Waals surface area contributed by atoms with Gasteiger partial charge < -0.3 is 14.6 Å². The van der Waals surface area contributed by atoms with E-state index in [1.807, 2.05) is 0 Å². The molecule has 2 heterocycles. The fraction of sp³-hybridized carbons (Fsp3) is 0.167. The number of aliphatic carboxylic acids is 1. The van der Waals surface area contributed by atoms with E-state index in [2.05, 4.69) is 0 Å². The third-order valence-electron chi connectivity index (χ3n) is 5.69. The molecule has 2 aliphatic rings. The number of halogens is 2. The summed E-state index contributed by atoms with van der Waals surface area (Å²) in [6, 6.07) is 16.0. The molecule has 3 aromatic rings. The molecule has 1 N–H and O–H groups in total. The maximum Gasteiger partial charge on any atom is 0.313 e. The fourth-order valence-electron chi connectivity index (χ4n) is 4.30. The van der Waals surface area contributed by atoms with Gasteiger partial charge in [-0.3, -0.25) is 14.5 Å². The molecule has 5 rings (SSSR count). The molecule has 162 valence electrons. The van der Waals surface area contributed by atoms with Crippen LogP contribution in [-0.4, -0.2) is 30.2 Å². The maximum absolute atomic E-state index is 13.7. The number of carboxylic acids is 1. The Labute approximate surface area is 193 Å². The first-order chi connectivity index (χ1) is 15.5. The molecule has 0 bridgehead atoms. The van der Waals surface area contributed by atoms with Crippen molar-refractivity contribution in [2.75, 3.05) is 18.1 Å². The lowest BCUT2D eigenvalue weighted by Crippen LogP contribution is -2.45. The molecule has 0 fully saturated rings. The Balaban J connectivity index is 1.74. The van der Waals surface area contributed by atoms with Gasteiger partial charge in [0.25, 0.3) is 5.91 Å². The zero-order valence-electron chi connectivity index (χ0n) is 16.6. The second kappa shape index (κ2) is 8.04. The number of carbonyl (C=O) groups excluding carboxylic acids is 1. The quantitative estimate of drug-likeness (QED) is 0.560. The third-order valence-corrected chi connectivity index (χ3v) is 6.43. The van der Waals surface area contributed by atoms with Crippen molar-refractivity contribution >= 4 is 40.8 Å². The van der Waals surface area contributed by atoms with Gasteiger partial charge in [0.1, 0.15) is 19.1 Å². The number of hydrogen-bond donors (Lipinski definition) is 1. The van der Waals surface area contributed by atoms with Gasteiger partial charge in [-0.2, -0.15) is 0 Å². The van der Waals surface area contributed by atoms with Crippen molar-refractivity contribution in [2.24, 2.45) is 0 Å². The van der Waals surface area contributed by atoms with Crippen LogP contribution in [0.25, 0.3) is 0 Å². The number of carbonyl (C=O) groups is 2. The van der Waals surface area contributed by atoms with E-state index in [1.165, 1.54) is 4.90 Å². The molecule has 0 spiro atoms. The smallest absolute Gasteiger partial charge is 0.313 e. The average Bonchev–Trinajstić information content (AvgIpc) is 2.80. The Morgan fingerprint density at radius 2 is 1.69 bits per heavy atom. The van der Waals surface area contributed by atoms with Crippen molar-refractivity contribution < 1.29 is 24.2 Å². The van der Waals surface area contributed by atoms with E-state index in [0.29, 0.717) is 52.1 Å². The van der Waals surface area contributed by atoms with Gasteiger partial charge in [0.2, 0.25) is 0 Å². The Hall–Kier alpha value is -3.22. The zero-order valence-corrected chi connectivity index (χ0v) is 18.1. The van der Waals surface area contributed by atoms with E-state index in [0.717, 1.165) is 0 Å². The van der Waals surface area contributed by atoms with Crippen molar-refractivity contribution in [3.63, 3.8) is 0 Å². The van der Waals surface area contributed by atoms with Crippen LogP contribution in [0.4, 0.5) is 5.69 Å². The molecular formula is C24H17Cl2NO5. The van der Waals surface area contributed by atoms with E-state index in [1.54, 1.807) is 60.7 Å². The van der Waals surface area contributed by atoms with Crippen LogP contribution in [0.5, 0.6) is 11.5 Å². The summed E-state index contributed by atoms with van der Waals surface area (Å²) < 4.78 is 11.3. The highest BCUT2D eigenvalue weighted by Crippen LogP contribution is 2.47. The van der Waals surface area contributed by atoms with E-state index in [4.69, 9.17) is 32.7 Å². The monoisotopic (exact) mass is 469 g/mol. The molecule has 32 heavy (non-hydrogen) atoms. The van der Waals surface area contributed by atoms with Crippen LogP contribution in [-0.2, 0) is 4.79 Å². The summed E-state index contributed by atoms with van der Waals surface area (Å²) in [4.78, 5) is 27.7. The SMILES string of the molecule is O=C(O)[C@@H]1c2ccccc2C(=O)N(c2ccc(Cl)c(Cl)c2)[C@H]1c1ccc2c(c1)OCCO2. The number of hydrogen-bond acceptors (Lipinski definition) is 4. The third kappa shape index (κ3) is 3.36. The molecule has 8 heteroatoms. The van der Waals surface area contributed by atoms with Gasteiger partial charge in [-0.25, -0.2) is 0 Å². The molecule has 0 saturated carbocycles. The van der Waals surface area contributed by atoms with Gasteiger partial charge in [0.15, 0.2) is 11.5 Å². The number of rotatable bonds is 3. The Kier molecular flexibility index (Phi) is 5.19. The number of fused-ring (bicyclic) bond motifs is 2. The van der Waals surface area contributed by atoms with E-state index < -0.39 is 17.9 Å². The highest BCUT2D eigenvalue weighted by atomic mass is 35.5. The molecule has 0 unspecified atom stereocenters. The van der Waals surface area contributed by atoms with Crippen molar-refractivity contribution in [1.29, 1.82) is 0 Å². The topological polar surface area (TPSA) is 76.1 Å². The lowest BCUT2D eigenvalue weighted by Gasteiger charge is -2.41. The molecule has 0 saturated heterocycles. The minimum Gasteiger partial charge on any atom is -0.486 e. The van der Waals surface area contributed by atoms with Crippen LogP contribution >= 0.6 is 23.2 Å². The second-order valence-corrected chi connectivity index (χ2v) is 8.34. The van der Waals surface area contributed by atoms with Crippen LogP contribution < -0.4 is 14.4 Å². The van der Waals surface area contributed by atoms with Crippen molar-refractivity contribution in [3.05, 3.63) is 87.4 Å². The van der Waals surface area contributed by atoms with Crippen LogP contribution in [0.1, 0.15) is 33.4 Å². The summed E-state index contributed by atoms with van der Waals surface area (Å²) in [6.45, 7) is 0.830. The Morgan fingerprint density at radius 1 is 0.938 bits per heavy atom. The highest BCUT2D eigenvalue weighted by Gasteiger charge is 2.45. The summed E-state index contributed by atoms with van der Waals surface area (Å²) in [5.41, 5.74) is 1.85. The predicted octanol–water partition coefficient (Wildman–Crippen LogP) is 5.33. The van der Waals surface area contributed by atoms with Crippen LogP contribution in [0.2, 0.25) is 10.0 Å². The standard InChI is InChI=1S/C24H17Cl2NO5/c25-17-7-6-14(12-18(17)26)27-22(13-5-8-19-20(11-13)32-10-9-31-19)21(24(29)30)15-3-1-2-4-16(15)23(27)28/h1-8,11-12,21-22H,9-10H2,(H,29,30)/t21-,22+/m1/s1. The van der Waals surface area contributed by atoms with Crippen LogP contribution in [0, 0.1) is 0 Å². The number of amides is 1. The molecule has 0 aromatic heterocycles. The molecular weight excluding hydrogens is 453 g/mol. The minimum atomic E-state index is -1.05. The number of benzene rings is 3. The first-order valence-electron chi connectivity index (χ1n) is 9.95. The molecule has 0 aliphatic carbocycles. The summed E-state index contributed by atoms with van der Waals surface area (Å²) in [7, 11) is 0. The van der Waals surface area contributed by atoms with Gasteiger partial charge in [0.05, 0.1) is 16.1 Å². The number of ether oxygens (including phenoxy) is 2. The number of carboxylic acid groups (broad SMARTS) is 1. The fourth-order valence-corrected chi connectivity index (χ4v) is 4.60. The van der Waals surface area contributed by atoms with Gasteiger partial charge >= 0.3 is 5.97 Å². The summed E-state index contributed by atoms with van der Waals surface area (Å²) in [5.74, 6) is -1.29. The van der Waals surface area contributed by atoms with Gasteiger partial charge in [-0.1, -0.05) is 47.5 Å². The summed E-state index contributed by atoms with van der Waals surface area (Å²) in [5, 5.41) is 10.9. The molecule has 1 amide bonds. The molecule has 2 atom stereocenters. The predicted molar refractivity (Wildman–Crippen MR) is 120 cm³/mol. The van der Waals surface area contributed by atoms with Gasteiger partial charge in [-0.05, 0) is 47.5 Å². The molecule has 3 aromatic carbocycles. The lowest BCUT2D eigenvalue weighted by molar-refractivity contribution is -0.139. The lowest BCUT2D eigenvalue weighted by atomic mass is 9.79. The first-order valence-corrected chi connectivity index (χ1v) is 10.7. The molecule has 2 aliphatic heterocycles. The summed E-state index contributed by atoms with van der Waals surface area (Å²) in [6.07, 6.45) is 0. The Morgan fingerprint density at radius 3 is 2.44 bits per heavy atom. The van der Waals surface area contributed by atoms with Gasteiger partial charge in [0, 0.05) is 11.3 Å². The second-order valence-electron chi connectivity index (χ2n) is 7.52. The van der Waals surface area contributed by atoms with Gasteiger partial charge in [-0.15, -0.1) is 0 Å². The average molecular weight is 470 g/mol. The molecule has 6 nitrogen and oxygen atoms in total. The maximum atomic E-state index is 13.7. The normalized spacial score (nSPS) is 19.4. The number of nitrogens with zero attached hydrogens (tertiary/aromatic N) is 1. The van der Waals surface area contributed by atoms with E-state index in [-0.39, 0.29) is 10.9 Å².